The predicted molar refractivity (Wildman–Crippen MR) is 125 cm³/mol. The second kappa shape index (κ2) is 9.17. The van der Waals surface area contributed by atoms with E-state index >= 15 is 0 Å². The Bertz CT molecular complexity index is 1080. The largest absolute Gasteiger partial charge is 0.493 e. The van der Waals surface area contributed by atoms with Gasteiger partial charge in [-0.25, -0.2) is 4.98 Å². The Morgan fingerprint density at radius 3 is 2.82 bits per heavy atom. The molecule has 0 bridgehead atoms. The van der Waals surface area contributed by atoms with Crippen LogP contribution in [0.25, 0.3) is 0 Å². The summed E-state index contributed by atoms with van der Waals surface area (Å²) >= 11 is 1.37. The van der Waals surface area contributed by atoms with Crippen molar-refractivity contribution >= 4 is 28.2 Å². The van der Waals surface area contributed by atoms with Gasteiger partial charge in [-0.1, -0.05) is 25.8 Å². The van der Waals surface area contributed by atoms with E-state index in [9.17, 15) is 9.59 Å². The fourth-order valence-electron chi connectivity index (χ4n) is 4.99. The molecule has 1 aromatic heterocycles. The Hall–Kier alpha value is -2.87. The predicted octanol–water partition coefficient (Wildman–Crippen LogP) is 4.83. The molecule has 1 aromatic carbocycles. The standard InChI is InChI=1S/C25H28N2O5S/c1-3-4-12-31-18-10-9-15(14-19(18)30-2)21-20-22(28)16-7-5-6-8-17(16)32-23(20)24(29)27(21)25-26-11-13-33-25/h9-11,13-14,16-17,21H,3-8,12H2,1-2H3. The third kappa shape index (κ3) is 3.80. The monoisotopic (exact) mass is 468 g/mol. The van der Waals surface area contributed by atoms with Crippen LogP contribution < -0.4 is 14.4 Å². The first-order chi connectivity index (χ1) is 16.1. The first kappa shape index (κ1) is 21.9. The van der Waals surface area contributed by atoms with E-state index in [1.165, 1.54) is 11.3 Å². The van der Waals surface area contributed by atoms with Crippen molar-refractivity contribution in [3.8, 4) is 11.5 Å². The summed E-state index contributed by atoms with van der Waals surface area (Å²) < 4.78 is 17.7. The van der Waals surface area contributed by atoms with Crippen LogP contribution in [0.15, 0.2) is 41.1 Å². The maximum Gasteiger partial charge on any atom is 0.296 e. The van der Waals surface area contributed by atoms with Crippen LogP contribution in [0.3, 0.4) is 0 Å². The molecule has 0 spiro atoms. The molecule has 0 N–H and O–H groups in total. The molecule has 5 rings (SSSR count). The Morgan fingerprint density at radius 2 is 2.06 bits per heavy atom. The van der Waals surface area contributed by atoms with Crippen molar-refractivity contribution in [2.45, 2.75) is 57.6 Å². The van der Waals surface area contributed by atoms with Gasteiger partial charge in [-0.15, -0.1) is 11.3 Å². The Labute approximate surface area is 197 Å². The highest BCUT2D eigenvalue weighted by molar-refractivity contribution is 7.13. The average molecular weight is 469 g/mol. The molecule has 1 fully saturated rings. The quantitative estimate of drug-likeness (QED) is 0.542. The zero-order valence-corrected chi connectivity index (χ0v) is 19.7. The summed E-state index contributed by atoms with van der Waals surface area (Å²) in [5, 5.41) is 2.37. The number of carbonyl (C=O) groups is 2. The number of rotatable bonds is 7. The van der Waals surface area contributed by atoms with Crippen molar-refractivity contribution in [3.05, 3.63) is 46.7 Å². The van der Waals surface area contributed by atoms with Gasteiger partial charge in [0.1, 0.15) is 6.10 Å². The number of fused-ring (bicyclic) bond motifs is 1. The Morgan fingerprint density at radius 1 is 1.21 bits per heavy atom. The number of methoxy groups -OCH3 is 1. The van der Waals surface area contributed by atoms with Gasteiger partial charge in [0, 0.05) is 11.6 Å². The fourth-order valence-corrected chi connectivity index (χ4v) is 5.66. The molecule has 2 aliphatic heterocycles. The van der Waals surface area contributed by atoms with Crippen molar-refractivity contribution in [1.82, 2.24) is 4.98 Å². The Kier molecular flexibility index (Phi) is 6.10. The number of hydrogen-bond donors (Lipinski definition) is 0. The lowest BCUT2D eigenvalue weighted by molar-refractivity contribution is -0.131. The lowest BCUT2D eigenvalue weighted by Crippen LogP contribution is -2.39. The van der Waals surface area contributed by atoms with Gasteiger partial charge in [-0.05, 0) is 43.4 Å². The molecule has 8 heteroatoms. The van der Waals surface area contributed by atoms with Gasteiger partial charge >= 0.3 is 0 Å². The maximum absolute atomic E-state index is 13.7. The van der Waals surface area contributed by atoms with E-state index in [4.69, 9.17) is 14.2 Å². The van der Waals surface area contributed by atoms with Gasteiger partial charge in [0.05, 0.1) is 31.2 Å². The van der Waals surface area contributed by atoms with Crippen molar-refractivity contribution in [1.29, 1.82) is 0 Å². The molecule has 3 unspecified atom stereocenters. The molecule has 3 heterocycles. The molecule has 1 aliphatic carbocycles. The highest BCUT2D eigenvalue weighted by Crippen LogP contribution is 2.49. The fraction of sp³-hybridized carbons (Fsp3) is 0.480. The molecular weight excluding hydrogens is 440 g/mol. The van der Waals surface area contributed by atoms with Crippen molar-refractivity contribution in [2.75, 3.05) is 18.6 Å². The van der Waals surface area contributed by atoms with Crippen LogP contribution in [-0.2, 0) is 14.3 Å². The normalized spacial score (nSPS) is 24.4. The molecule has 174 valence electrons. The van der Waals surface area contributed by atoms with Crippen LogP contribution in [0.1, 0.15) is 57.1 Å². The van der Waals surface area contributed by atoms with Crippen LogP contribution in [0, 0.1) is 5.92 Å². The number of nitrogens with zero attached hydrogens (tertiary/aromatic N) is 2. The minimum Gasteiger partial charge on any atom is -0.493 e. The molecule has 1 saturated carbocycles. The third-order valence-electron chi connectivity index (χ3n) is 6.65. The van der Waals surface area contributed by atoms with Crippen LogP contribution >= 0.6 is 11.3 Å². The topological polar surface area (TPSA) is 78.0 Å². The number of aromatic nitrogens is 1. The SMILES string of the molecule is CCCCOc1ccc(C2C3=C(OC4CCCCC4C3=O)C(=O)N2c2nccs2)cc1OC. The van der Waals surface area contributed by atoms with E-state index < -0.39 is 6.04 Å². The number of ketones is 1. The number of amides is 1. The van der Waals surface area contributed by atoms with Gasteiger partial charge in [0.25, 0.3) is 5.91 Å². The Balaban J connectivity index is 1.57. The van der Waals surface area contributed by atoms with Gasteiger partial charge in [0.15, 0.2) is 28.2 Å². The maximum atomic E-state index is 13.7. The number of ether oxygens (including phenoxy) is 3. The van der Waals surface area contributed by atoms with E-state index in [1.807, 2.05) is 23.6 Å². The van der Waals surface area contributed by atoms with Crippen LogP contribution in [0.5, 0.6) is 11.5 Å². The molecule has 7 nitrogen and oxygen atoms in total. The minimum atomic E-state index is -0.604. The molecular formula is C25H28N2O5S. The summed E-state index contributed by atoms with van der Waals surface area (Å²) in [7, 11) is 1.59. The highest BCUT2D eigenvalue weighted by Gasteiger charge is 2.53. The zero-order valence-electron chi connectivity index (χ0n) is 18.9. The second-order valence-corrected chi connectivity index (χ2v) is 9.53. The number of unbranched alkanes of at least 4 members (excludes halogenated alkanes) is 1. The van der Waals surface area contributed by atoms with Crippen molar-refractivity contribution < 1.29 is 23.8 Å². The van der Waals surface area contributed by atoms with Crippen molar-refractivity contribution in [3.63, 3.8) is 0 Å². The number of thiazole rings is 1. The molecule has 0 radical (unpaired) electrons. The van der Waals surface area contributed by atoms with E-state index in [0.717, 1.165) is 44.1 Å². The van der Waals surface area contributed by atoms with E-state index in [1.54, 1.807) is 18.2 Å². The number of hydrogen-bond acceptors (Lipinski definition) is 7. The van der Waals surface area contributed by atoms with Crippen molar-refractivity contribution in [2.24, 2.45) is 5.92 Å². The second-order valence-electron chi connectivity index (χ2n) is 8.66. The number of Topliss-reactive ketones (excluding diaryl/α,β-unsaturated/α-hetero) is 1. The lowest BCUT2D eigenvalue weighted by atomic mass is 9.77. The number of carbonyl (C=O) groups excluding carboxylic acids is 2. The highest BCUT2D eigenvalue weighted by atomic mass is 32.1. The molecule has 0 saturated heterocycles. The van der Waals surface area contributed by atoms with Crippen LogP contribution in [-0.4, -0.2) is 36.5 Å². The van der Waals surface area contributed by atoms with E-state index in [-0.39, 0.29) is 29.5 Å². The first-order valence-corrected chi connectivity index (χ1v) is 12.5. The number of anilines is 1. The van der Waals surface area contributed by atoms with Gasteiger partial charge in [0.2, 0.25) is 0 Å². The van der Waals surface area contributed by atoms with E-state index in [0.29, 0.717) is 28.8 Å². The number of benzene rings is 1. The molecule has 3 atom stereocenters. The summed E-state index contributed by atoms with van der Waals surface area (Å²) in [5.74, 6) is 0.940. The van der Waals surface area contributed by atoms with Gasteiger partial charge in [-0.2, -0.15) is 0 Å². The summed E-state index contributed by atoms with van der Waals surface area (Å²) in [5.41, 5.74) is 1.22. The zero-order chi connectivity index (χ0) is 22.9. The van der Waals surface area contributed by atoms with Gasteiger partial charge in [-0.3, -0.25) is 14.5 Å². The lowest BCUT2D eigenvalue weighted by Gasteiger charge is -2.35. The summed E-state index contributed by atoms with van der Waals surface area (Å²) in [6.45, 7) is 2.71. The third-order valence-corrected chi connectivity index (χ3v) is 7.42. The van der Waals surface area contributed by atoms with Crippen LogP contribution in [0.2, 0.25) is 0 Å². The molecule has 3 aliphatic rings. The molecule has 33 heavy (non-hydrogen) atoms. The molecule has 1 amide bonds. The summed E-state index contributed by atoms with van der Waals surface area (Å²) in [6.07, 6.45) is 7.06. The average Bonchev–Trinajstić information content (AvgIpc) is 3.46. The summed E-state index contributed by atoms with van der Waals surface area (Å²) in [6, 6.07) is 5.01. The smallest absolute Gasteiger partial charge is 0.296 e. The van der Waals surface area contributed by atoms with Gasteiger partial charge < -0.3 is 14.2 Å². The van der Waals surface area contributed by atoms with Crippen LogP contribution in [0.4, 0.5) is 5.13 Å². The summed E-state index contributed by atoms with van der Waals surface area (Å²) in [4.78, 5) is 33.2. The van der Waals surface area contributed by atoms with E-state index in [2.05, 4.69) is 11.9 Å². The minimum absolute atomic E-state index is 0.0283. The molecule has 2 aromatic rings. The first-order valence-electron chi connectivity index (χ1n) is 11.6.